The Bertz CT molecular complexity index is 961. The van der Waals surface area contributed by atoms with E-state index in [2.05, 4.69) is 10.6 Å². The van der Waals surface area contributed by atoms with Crippen molar-refractivity contribution in [2.45, 2.75) is 13.1 Å². The number of nitrogens with one attached hydrogen (secondary N) is 2. The first-order valence-corrected chi connectivity index (χ1v) is 8.78. The van der Waals surface area contributed by atoms with Crippen LogP contribution < -0.4 is 22.1 Å². The number of thiophene rings is 1. The van der Waals surface area contributed by atoms with E-state index >= 15 is 0 Å². The highest BCUT2D eigenvalue weighted by Crippen LogP contribution is 2.38. The second-order valence-electron chi connectivity index (χ2n) is 5.27. The number of thiocarbonyl (C=S) groups is 2. The van der Waals surface area contributed by atoms with Crippen LogP contribution in [0.25, 0.3) is 20.2 Å². The molecule has 0 saturated heterocycles. The Hall–Kier alpha value is -1.07. The average Bonchev–Trinajstić information content (AvgIpc) is 2.89. The van der Waals surface area contributed by atoms with Crippen LogP contribution in [-0.4, -0.2) is 10.2 Å². The fourth-order valence-corrected chi connectivity index (χ4v) is 4.07. The molecule has 0 radical (unpaired) electrons. The number of benzene rings is 2. The highest BCUT2D eigenvalue weighted by molar-refractivity contribution is 8.93. The summed E-state index contributed by atoms with van der Waals surface area (Å²) in [5.41, 5.74) is 12.9. The summed E-state index contributed by atoms with van der Waals surface area (Å²) in [5.74, 6) is -0.284. The lowest BCUT2D eigenvalue weighted by Crippen LogP contribution is -2.28. The molecule has 10 heteroatoms. The van der Waals surface area contributed by atoms with Crippen molar-refractivity contribution in [1.82, 2.24) is 10.6 Å². The standard InChI is InChI=1S/C16H15FN4S3.2BrH/c17-10-4-9(7-21-16(19)23)14-12(5-10)11-3-1-2-8(13(11)24-14)6-20-15(18)22;;/h1-5H,6-7H2,(H3,18,20,22)(H3,19,21,23);2*1H. The number of nitrogens with two attached hydrogens (primary N) is 2. The fraction of sp³-hybridized carbons (Fsp3) is 0.125. The zero-order chi connectivity index (χ0) is 17.3. The molecule has 0 saturated carbocycles. The van der Waals surface area contributed by atoms with E-state index < -0.39 is 0 Å². The lowest BCUT2D eigenvalue weighted by molar-refractivity contribution is 0.627. The first-order chi connectivity index (χ1) is 11.5. The van der Waals surface area contributed by atoms with E-state index in [4.69, 9.17) is 35.9 Å². The van der Waals surface area contributed by atoms with Gasteiger partial charge in [0.15, 0.2) is 10.2 Å². The lowest BCUT2D eigenvalue weighted by Gasteiger charge is -2.05. The number of hydrogen-bond donors (Lipinski definition) is 4. The van der Waals surface area contributed by atoms with Crippen molar-refractivity contribution in [1.29, 1.82) is 0 Å². The Morgan fingerprint density at radius 1 is 0.923 bits per heavy atom. The normalized spacial score (nSPS) is 10.0. The van der Waals surface area contributed by atoms with Gasteiger partial charge in [-0.2, -0.15) is 0 Å². The fourth-order valence-electron chi connectivity index (χ4n) is 2.63. The molecule has 0 spiro atoms. The van der Waals surface area contributed by atoms with E-state index in [0.717, 1.165) is 31.3 Å². The molecule has 140 valence electrons. The van der Waals surface area contributed by atoms with E-state index in [9.17, 15) is 4.39 Å². The van der Waals surface area contributed by atoms with E-state index in [-0.39, 0.29) is 50.0 Å². The highest BCUT2D eigenvalue weighted by Gasteiger charge is 2.13. The van der Waals surface area contributed by atoms with Gasteiger partial charge in [0, 0.05) is 33.3 Å². The SMILES string of the molecule is Br.Br.NC(=S)NCc1cccc2c1sc1c(CNC(N)=S)cc(F)cc12. The number of fused-ring (bicyclic) bond motifs is 3. The second kappa shape index (κ2) is 9.75. The second-order valence-corrected chi connectivity index (χ2v) is 7.17. The molecule has 0 atom stereocenters. The highest BCUT2D eigenvalue weighted by atomic mass is 79.9. The molecule has 3 rings (SSSR count). The van der Waals surface area contributed by atoms with Crippen molar-refractivity contribution >= 4 is 100 Å². The van der Waals surface area contributed by atoms with Crippen molar-refractivity contribution in [3.05, 3.63) is 47.3 Å². The number of hydrogen-bond acceptors (Lipinski definition) is 3. The molecule has 0 fully saturated rings. The molecule has 1 heterocycles. The van der Waals surface area contributed by atoms with Gasteiger partial charge in [0.05, 0.1) is 0 Å². The third kappa shape index (κ3) is 5.01. The molecule has 0 aliphatic rings. The Labute approximate surface area is 186 Å². The smallest absolute Gasteiger partial charge is 0.163 e. The summed E-state index contributed by atoms with van der Waals surface area (Å²) in [6.07, 6.45) is 0. The molecule has 0 aliphatic carbocycles. The summed E-state index contributed by atoms with van der Waals surface area (Å²) >= 11 is 11.3. The quantitative estimate of drug-likeness (QED) is 0.375. The summed E-state index contributed by atoms with van der Waals surface area (Å²) < 4.78 is 16.1. The van der Waals surface area contributed by atoms with Gasteiger partial charge in [0.2, 0.25) is 0 Å². The van der Waals surface area contributed by atoms with Gasteiger partial charge in [-0.1, -0.05) is 18.2 Å². The van der Waals surface area contributed by atoms with Gasteiger partial charge in [-0.25, -0.2) is 4.39 Å². The van der Waals surface area contributed by atoms with Gasteiger partial charge in [0.1, 0.15) is 5.82 Å². The van der Waals surface area contributed by atoms with Crippen LogP contribution in [0.15, 0.2) is 30.3 Å². The van der Waals surface area contributed by atoms with Crippen LogP contribution in [0.3, 0.4) is 0 Å². The van der Waals surface area contributed by atoms with Crippen molar-refractivity contribution < 1.29 is 4.39 Å². The third-order valence-electron chi connectivity index (χ3n) is 3.63. The Morgan fingerprint density at radius 2 is 1.50 bits per heavy atom. The van der Waals surface area contributed by atoms with E-state index in [0.29, 0.717) is 13.1 Å². The van der Waals surface area contributed by atoms with Crippen LogP contribution in [0.2, 0.25) is 0 Å². The van der Waals surface area contributed by atoms with Crippen LogP contribution >= 0.6 is 69.7 Å². The van der Waals surface area contributed by atoms with E-state index in [1.807, 2.05) is 18.2 Å². The molecular formula is C16H17Br2FN4S3. The summed E-state index contributed by atoms with van der Waals surface area (Å²) in [6, 6.07) is 9.01. The van der Waals surface area contributed by atoms with Gasteiger partial charge < -0.3 is 22.1 Å². The maximum Gasteiger partial charge on any atom is 0.163 e. The van der Waals surface area contributed by atoms with Gasteiger partial charge in [-0.15, -0.1) is 45.3 Å². The summed E-state index contributed by atoms with van der Waals surface area (Å²) in [7, 11) is 0. The molecule has 0 bridgehead atoms. The van der Waals surface area contributed by atoms with E-state index in [1.54, 1.807) is 17.4 Å². The Kier molecular flexibility index (Phi) is 8.61. The zero-order valence-electron chi connectivity index (χ0n) is 13.4. The number of halogens is 3. The maximum absolute atomic E-state index is 14.0. The molecule has 0 amide bonds. The lowest BCUT2D eigenvalue weighted by atomic mass is 10.1. The molecule has 6 N–H and O–H groups in total. The first-order valence-electron chi connectivity index (χ1n) is 7.15. The molecule has 2 aromatic carbocycles. The molecule has 0 unspecified atom stereocenters. The van der Waals surface area contributed by atoms with Gasteiger partial charge in [0.25, 0.3) is 0 Å². The first kappa shape index (κ1) is 23.0. The minimum Gasteiger partial charge on any atom is -0.376 e. The van der Waals surface area contributed by atoms with Crippen molar-refractivity contribution in [2.75, 3.05) is 0 Å². The molecule has 1 aromatic heterocycles. The predicted molar refractivity (Wildman–Crippen MR) is 127 cm³/mol. The Morgan fingerprint density at radius 3 is 2.12 bits per heavy atom. The van der Waals surface area contributed by atoms with Crippen molar-refractivity contribution in [3.63, 3.8) is 0 Å². The Balaban J connectivity index is 0.00000169. The zero-order valence-corrected chi connectivity index (χ0v) is 19.3. The molecule has 26 heavy (non-hydrogen) atoms. The number of rotatable bonds is 4. The van der Waals surface area contributed by atoms with Crippen LogP contribution in [0.5, 0.6) is 0 Å². The average molecular weight is 540 g/mol. The topological polar surface area (TPSA) is 76.1 Å². The van der Waals surface area contributed by atoms with Gasteiger partial charge in [-0.3, -0.25) is 0 Å². The van der Waals surface area contributed by atoms with E-state index in [1.165, 1.54) is 6.07 Å². The van der Waals surface area contributed by atoms with Crippen LogP contribution in [0.1, 0.15) is 11.1 Å². The van der Waals surface area contributed by atoms with Crippen LogP contribution in [0.4, 0.5) is 4.39 Å². The minimum atomic E-state index is -0.284. The molecular weight excluding hydrogens is 523 g/mol. The molecule has 3 aromatic rings. The van der Waals surface area contributed by atoms with Crippen molar-refractivity contribution in [2.24, 2.45) is 11.5 Å². The van der Waals surface area contributed by atoms with Crippen LogP contribution in [-0.2, 0) is 13.1 Å². The maximum atomic E-state index is 14.0. The molecule has 0 aliphatic heterocycles. The third-order valence-corrected chi connectivity index (χ3v) is 5.29. The predicted octanol–water partition coefficient (Wildman–Crippen LogP) is 4.02. The monoisotopic (exact) mass is 538 g/mol. The summed E-state index contributed by atoms with van der Waals surface area (Å²) in [5, 5.41) is 8.17. The van der Waals surface area contributed by atoms with Crippen molar-refractivity contribution in [3.8, 4) is 0 Å². The van der Waals surface area contributed by atoms with Gasteiger partial charge >= 0.3 is 0 Å². The summed E-state index contributed by atoms with van der Waals surface area (Å²) in [6.45, 7) is 0.916. The summed E-state index contributed by atoms with van der Waals surface area (Å²) in [4.78, 5) is 0. The minimum absolute atomic E-state index is 0. The largest absolute Gasteiger partial charge is 0.376 e. The van der Waals surface area contributed by atoms with Gasteiger partial charge in [-0.05, 0) is 47.7 Å². The molecule has 4 nitrogen and oxygen atoms in total. The van der Waals surface area contributed by atoms with Crippen LogP contribution in [0, 0.1) is 5.82 Å².